The Hall–Kier alpha value is -2.57. The largest absolute Gasteiger partial charge is 0.357 e. The van der Waals surface area contributed by atoms with Gasteiger partial charge in [-0.15, -0.1) is 0 Å². The first-order valence-corrected chi connectivity index (χ1v) is 8.99. The van der Waals surface area contributed by atoms with Gasteiger partial charge in [-0.1, -0.05) is 6.07 Å². The second-order valence-electron chi connectivity index (χ2n) is 6.16. The lowest BCUT2D eigenvalue weighted by molar-refractivity contribution is -0.128. The lowest BCUT2D eigenvalue weighted by Crippen LogP contribution is -2.39. The highest BCUT2D eigenvalue weighted by molar-refractivity contribution is 5.85. The van der Waals surface area contributed by atoms with Gasteiger partial charge in [-0.2, -0.15) is 0 Å². The van der Waals surface area contributed by atoms with Gasteiger partial charge in [0.1, 0.15) is 12.2 Å². The van der Waals surface area contributed by atoms with Crippen molar-refractivity contribution in [1.29, 1.82) is 0 Å². The number of hydrogen-bond donors (Lipinski definition) is 2. The number of amides is 1. The van der Waals surface area contributed by atoms with Gasteiger partial charge in [0.15, 0.2) is 5.96 Å². The van der Waals surface area contributed by atoms with E-state index in [4.69, 9.17) is 0 Å². The maximum atomic E-state index is 12.1. The lowest BCUT2D eigenvalue weighted by Gasteiger charge is -2.15. The van der Waals surface area contributed by atoms with Crippen molar-refractivity contribution in [3.8, 4) is 0 Å². The van der Waals surface area contributed by atoms with E-state index in [1.54, 1.807) is 0 Å². The van der Waals surface area contributed by atoms with Crippen molar-refractivity contribution in [2.75, 3.05) is 32.7 Å². The predicted octanol–water partition coefficient (Wildman–Crippen LogP) is 1.05. The number of hydrogen-bond acceptors (Lipinski definition) is 3. The number of aliphatic imine (C=N–C) groups is 1. The number of likely N-dealkylation sites (tertiary alicyclic amines) is 1. The molecule has 0 aromatic carbocycles. The van der Waals surface area contributed by atoms with Gasteiger partial charge in [0, 0.05) is 45.0 Å². The van der Waals surface area contributed by atoms with Crippen LogP contribution in [0.25, 0.3) is 5.65 Å². The van der Waals surface area contributed by atoms with Crippen LogP contribution in [0.5, 0.6) is 0 Å². The summed E-state index contributed by atoms with van der Waals surface area (Å²) in [5.74, 6) is 0.786. The molecule has 7 nitrogen and oxygen atoms in total. The van der Waals surface area contributed by atoms with E-state index in [-0.39, 0.29) is 12.5 Å². The second kappa shape index (κ2) is 8.50. The molecule has 2 N–H and O–H groups in total. The summed E-state index contributed by atoms with van der Waals surface area (Å²) < 4.78 is 2.02. The van der Waals surface area contributed by atoms with Gasteiger partial charge >= 0.3 is 0 Å². The molecule has 2 aromatic heterocycles. The molecule has 0 spiro atoms. The van der Waals surface area contributed by atoms with Crippen LogP contribution < -0.4 is 10.6 Å². The van der Waals surface area contributed by atoms with Gasteiger partial charge in [0.05, 0.1) is 5.69 Å². The third kappa shape index (κ3) is 4.71. The smallest absolute Gasteiger partial charge is 0.244 e. The standard InChI is InChI=1S/C18H26N6O/c1-2-19-18(21-13-17(25)23-10-5-6-11-23)20-9-8-15-14-24-12-4-3-7-16(24)22-15/h3-4,7,12,14H,2,5-6,8-11,13H2,1H3,(H2,19,20,21). The number of guanidine groups is 1. The van der Waals surface area contributed by atoms with E-state index in [0.29, 0.717) is 12.5 Å². The SMILES string of the molecule is CCNC(=NCC(=O)N1CCCC1)NCCc1cn2ccccc2n1. The van der Waals surface area contributed by atoms with Crippen LogP contribution >= 0.6 is 0 Å². The molecule has 7 heteroatoms. The molecule has 3 heterocycles. The Kier molecular flexibility index (Phi) is 5.87. The van der Waals surface area contributed by atoms with Crippen LogP contribution in [0.4, 0.5) is 0 Å². The molecule has 0 atom stereocenters. The number of carbonyl (C=O) groups is 1. The highest BCUT2D eigenvalue weighted by Crippen LogP contribution is 2.07. The van der Waals surface area contributed by atoms with Gasteiger partial charge in [0.2, 0.25) is 5.91 Å². The number of carbonyl (C=O) groups excluding carboxylic acids is 1. The normalized spacial score (nSPS) is 14.9. The van der Waals surface area contributed by atoms with Crippen molar-refractivity contribution in [3.63, 3.8) is 0 Å². The lowest BCUT2D eigenvalue weighted by atomic mass is 10.3. The Bertz CT molecular complexity index is 699. The zero-order chi connectivity index (χ0) is 17.5. The average Bonchev–Trinajstić information content (AvgIpc) is 3.28. The minimum atomic E-state index is 0.107. The Labute approximate surface area is 148 Å². The number of fused-ring (bicyclic) bond motifs is 1. The Morgan fingerprint density at radius 1 is 1.28 bits per heavy atom. The van der Waals surface area contributed by atoms with E-state index < -0.39 is 0 Å². The monoisotopic (exact) mass is 342 g/mol. The maximum Gasteiger partial charge on any atom is 0.244 e. The van der Waals surface area contributed by atoms with Crippen LogP contribution in [-0.4, -0.2) is 58.9 Å². The van der Waals surface area contributed by atoms with Crippen LogP contribution in [0.3, 0.4) is 0 Å². The number of nitrogens with zero attached hydrogens (tertiary/aromatic N) is 4. The number of nitrogens with one attached hydrogen (secondary N) is 2. The molecular weight excluding hydrogens is 316 g/mol. The molecular formula is C18H26N6O. The fraction of sp³-hybridized carbons (Fsp3) is 0.500. The molecule has 2 aromatic rings. The Balaban J connectivity index is 1.50. The molecule has 1 aliphatic heterocycles. The van der Waals surface area contributed by atoms with Crippen LogP contribution in [0, 0.1) is 0 Å². The van der Waals surface area contributed by atoms with Gasteiger partial charge < -0.3 is 19.9 Å². The van der Waals surface area contributed by atoms with Gasteiger partial charge in [-0.3, -0.25) is 4.79 Å². The highest BCUT2D eigenvalue weighted by Gasteiger charge is 2.17. The van der Waals surface area contributed by atoms with E-state index >= 15 is 0 Å². The van der Waals surface area contributed by atoms with Crippen LogP contribution in [0.1, 0.15) is 25.5 Å². The maximum absolute atomic E-state index is 12.1. The van der Waals surface area contributed by atoms with Gasteiger partial charge in [-0.25, -0.2) is 9.98 Å². The third-order valence-electron chi connectivity index (χ3n) is 4.26. The summed E-state index contributed by atoms with van der Waals surface area (Å²) in [4.78, 5) is 23.0. The zero-order valence-electron chi connectivity index (χ0n) is 14.7. The first kappa shape index (κ1) is 17.3. The summed E-state index contributed by atoms with van der Waals surface area (Å²) in [7, 11) is 0. The van der Waals surface area contributed by atoms with Gasteiger partial charge in [0.25, 0.3) is 0 Å². The molecule has 0 bridgehead atoms. The van der Waals surface area contributed by atoms with Gasteiger partial charge in [-0.05, 0) is 31.9 Å². The molecule has 1 fully saturated rings. The summed E-state index contributed by atoms with van der Waals surface area (Å²) in [6.07, 6.45) is 7.04. The molecule has 0 aliphatic carbocycles. The Morgan fingerprint density at radius 2 is 2.12 bits per heavy atom. The van der Waals surface area contributed by atoms with Crippen molar-refractivity contribution in [2.45, 2.75) is 26.2 Å². The molecule has 134 valence electrons. The summed E-state index contributed by atoms with van der Waals surface area (Å²) >= 11 is 0. The average molecular weight is 342 g/mol. The quantitative estimate of drug-likeness (QED) is 0.608. The molecule has 1 saturated heterocycles. The first-order chi connectivity index (χ1) is 12.3. The molecule has 3 rings (SSSR count). The van der Waals surface area contributed by atoms with Crippen molar-refractivity contribution < 1.29 is 4.79 Å². The summed E-state index contributed by atoms with van der Waals surface area (Å²) in [5.41, 5.74) is 1.98. The number of pyridine rings is 1. The van der Waals surface area contributed by atoms with Crippen LogP contribution in [-0.2, 0) is 11.2 Å². The number of aromatic nitrogens is 2. The minimum absolute atomic E-state index is 0.107. The van der Waals surface area contributed by atoms with E-state index in [0.717, 1.165) is 50.2 Å². The fourth-order valence-corrected chi connectivity index (χ4v) is 2.97. The molecule has 0 radical (unpaired) electrons. The molecule has 25 heavy (non-hydrogen) atoms. The van der Waals surface area contributed by atoms with Crippen molar-refractivity contribution in [1.82, 2.24) is 24.9 Å². The van der Waals surface area contributed by atoms with Crippen LogP contribution in [0.2, 0.25) is 0 Å². The third-order valence-corrected chi connectivity index (χ3v) is 4.26. The van der Waals surface area contributed by atoms with E-state index in [2.05, 4.69) is 20.6 Å². The topological polar surface area (TPSA) is 74.0 Å². The zero-order valence-corrected chi connectivity index (χ0v) is 14.7. The van der Waals surface area contributed by atoms with Crippen molar-refractivity contribution >= 4 is 17.5 Å². The van der Waals surface area contributed by atoms with E-state index in [1.807, 2.05) is 46.8 Å². The second-order valence-corrected chi connectivity index (χ2v) is 6.16. The summed E-state index contributed by atoms with van der Waals surface area (Å²) in [6.45, 7) is 5.43. The molecule has 0 unspecified atom stereocenters. The van der Waals surface area contributed by atoms with Crippen molar-refractivity contribution in [2.24, 2.45) is 4.99 Å². The summed E-state index contributed by atoms with van der Waals surface area (Å²) in [6, 6.07) is 5.97. The molecule has 1 amide bonds. The van der Waals surface area contributed by atoms with E-state index in [1.165, 1.54) is 0 Å². The highest BCUT2D eigenvalue weighted by atomic mass is 16.2. The Morgan fingerprint density at radius 3 is 2.88 bits per heavy atom. The fourth-order valence-electron chi connectivity index (χ4n) is 2.97. The van der Waals surface area contributed by atoms with Crippen LogP contribution in [0.15, 0.2) is 35.6 Å². The number of rotatable bonds is 6. The minimum Gasteiger partial charge on any atom is -0.357 e. The summed E-state index contributed by atoms with van der Waals surface area (Å²) in [5, 5.41) is 6.46. The van der Waals surface area contributed by atoms with E-state index in [9.17, 15) is 4.79 Å². The van der Waals surface area contributed by atoms with Crippen molar-refractivity contribution in [3.05, 3.63) is 36.3 Å². The molecule has 1 aliphatic rings. The predicted molar refractivity (Wildman–Crippen MR) is 98.7 cm³/mol. The number of imidazole rings is 1. The molecule has 0 saturated carbocycles. The first-order valence-electron chi connectivity index (χ1n) is 8.99.